The summed E-state index contributed by atoms with van der Waals surface area (Å²) in [5, 5.41) is 0. The van der Waals surface area contributed by atoms with Gasteiger partial charge in [0.25, 0.3) is 5.91 Å². The Bertz CT molecular complexity index is 974. The third-order valence-electron chi connectivity index (χ3n) is 7.95. The van der Waals surface area contributed by atoms with Crippen LogP contribution in [0.3, 0.4) is 0 Å². The second-order valence-corrected chi connectivity index (χ2v) is 9.65. The normalized spacial score (nSPS) is 23.6. The molecule has 204 valence electrons. The first-order valence-electron chi connectivity index (χ1n) is 13.7. The highest BCUT2D eigenvalue weighted by Gasteiger charge is 2.67. The van der Waals surface area contributed by atoms with E-state index in [1.807, 2.05) is 13.0 Å². The van der Waals surface area contributed by atoms with E-state index < -0.39 is 11.6 Å². The topological polar surface area (TPSA) is 102 Å². The molecule has 2 atom stereocenters. The standard InChI is InChI=1S/C26H41N7O4/c1-6-29(7-2)21-18-22(28-25(27-21)30(8-3)9-4)31-13-15-32(16-14-31)24(36)26-19(34)17-23(35)33(26)12-11-20(26)37-10-5/h18,20H,6-17H2,1-5H3. The molecule has 1 aromatic heterocycles. The quantitative estimate of drug-likeness (QED) is 0.425. The van der Waals surface area contributed by atoms with E-state index in [0.717, 1.165) is 37.8 Å². The molecular formula is C26H41N7O4. The highest BCUT2D eigenvalue weighted by Crippen LogP contribution is 2.41. The summed E-state index contributed by atoms with van der Waals surface area (Å²) in [6.45, 7) is 16.4. The fourth-order valence-corrected chi connectivity index (χ4v) is 5.91. The van der Waals surface area contributed by atoms with Crippen LogP contribution in [0.15, 0.2) is 6.07 Å². The van der Waals surface area contributed by atoms with Crippen molar-refractivity contribution in [2.75, 3.05) is 80.2 Å². The number of ketones is 1. The van der Waals surface area contributed by atoms with E-state index in [1.54, 1.807) is 4.90 Å². The second kappa shape index (κ2) is 11.2. The average molecular weight is 516 g/mol. The van der Waals surface area contributed by atoms with Crippen LogP contribution in [-0.4, -0.2) is 115 Å². The van der Waals surface area contributed by atoms with Crippen LogP contribution in [0.2, 0.25) is 0 Å². The molecular weight excluding hydrogens is 474 g/mol. The number of anilines is 3. The van der Waals surface area contributed by atoms with Crippen LogP contribution < -0.4 is 14.7 Å². The van der Waals surface area contributed by atoms with E-state index in [1.165, 1.54) is 4.90 Å². The number of nitrogens with zero attached hydrogens (tertiary/aromatic N) is 7. The summed E-state index contributed by atoms with van der Waals surface area (Å²) in [6.07, 6.45) is -0.310. The number of rotatable bonds is 10. The van der Waals surface area contributed by atoms with E-state index in [4.69, 9.17) is 14.7 Å². The molecule has 2 amide bonds. The molecule has 4 rings (SSSR count). The molecule has 0 aliphatic carbocycles. The number of aromatic nitrogens is 2. The molecule has 11 nitrogen and oxygen atoms in total. The van der Waals surface area contributed by atoms with Gasteiger partial charge in [0, 0.05) is 71.6 Å². The molecule has 3 fully saturated rings. The van der Waals surface area contributed by atoms with Gasteiger partial charge in [0.05, 0.1) is 12.5 Å². The monoisotopic (exact) mass is 515 g/mol. The highest BCUT2D eigenvalue weighted by atomic mass is 16.5. The molecule has 3 saturated heterocycles. The number of carbonyl (C=O) groups is 3. The zero-order valence-electron chi connectivity index (χ0n) is 22.9. The lowest BCUT2D eigenvalue weighted by Gasteiger charge is -2.42. The lowest BCUT2D eigenvalue weighted by Crippen LogP contribution is -2.65. The minimum atomic E-state index is -1.50. The lowest BCUT2D eigenvalue weighted by atomic mass is 9.87. The van der Waals surface area contributed by atoms with Crippen LogP contribution in [0.5, 0.6) is 0 Å². The van der Waals surface area contributed by atoms with Crippen LogP contribution >= 0.6 is 0 Å². The highest BCUT2D eigenvalue weighted by molar-refractivity contribution is 6.23. The van der Waals surface area contributed by atoms with Crippen molar-refractivity contribution in [3.05, 3.63) is 6.07 Å². The van der Waals surface area contributed by atoms with Crippen molar-refractivity contribution in [3.8, 4) is 0 Å². The van der Waals surface area contributed by atoms with Gasteiger partial charge in [0.15, 0.2) is 5.78 Å². The first-order chi connectivity index (χ1) is 17.8. The second-order valence-electron chi connectivity index (χ2n) is 9.65. The van der Waals surface area contributed by atoms with Gasteiger partial charge in [-0.1, -0.05) is 0 Å². The number of fused-ring (bicyclic) bond motifs is 1. The molecule has 3 aliphatic rings. The smallest absolute Gasteiger partial charge is 0.259 e. The summed E-state index contributed by atoms with van der Waals surface area (Å²) in [7, 11) is 0. The third-order valence-corrected chi connectivity index (χ3v) is 7.95. The predicted octanol–water partition coefficient (Wildman–Crippen LogP) is 1.17. The van der Waals surface area contributed by atoms with E-state index in [-0.39, 0.29) is 24.0 Å². The molecule has 11 heteroatoms. The van der Waals surface area contributed by atoms with Crippen LogP contribution in [0.4, 0.5) is 17.6 Å². The molecule has 0 aromatic carbocycles. The van der Waals surface area contributed by atoms with Crippen molar-refractivity contribution < 1.29 is 19.1 Å². The predicted molar refractivity (Wildman–Crippen MR) is 142 cm³/mol. The maximum absolute atomic E-state index is 13.9. The van der Waals surface area contributed by atoms with Gasteiger partial charge in [-0.25, -0.2) is 0 Å². The molecule has 0 spiro atoms. The molecule has 2 unspecified atom stereocenters. The molecule has 3 aliphatic heterocycles. The minimum absolute atomic E-state index is 0.224. The molecule has 0 N–H and O–H groups in total. The van der Waals surface area contributed by atoms with Gasteiger partial charge in [-0.15, -0.1) is 0 Å². The number of ether oxygens (including phenoxy) is 1. The minimum Gasteiger partial charge on any atom is -0.375 e. The Hall–Kier alpha value is -2.95. The SMILES string of the molecule is CCOC1CCN2C(=O)CC(=O)C12C(=O)N1CCN(c2cc(N(CC)CC)nc(N(CC)CC)n2)CC1. The average Bonchev–Trinajstić information content (AvgIpc) is 3.41. The summed E-state index contributed by atoms with van der Waals surface area (Å²) < 4.78 is 5.86. The summed E-state index contributed by atoms with van der Waals surface area (Å²) in [6, 6.07) is 2.03. The summed E-state index contributed by atoms with van der Waals surface area (Å²) >= 11 is 0. The summed E-state index contributed by atoms with van der Waals surface area (Å²) in [5.41, 5.74) is -1.50. The number of amides is 2. The number of hydrogen-bond donors (Lipinski definition) is 0. The third kappa shape index (κ3) is 4.62. The van der Waals surface area contributed by atoms with Crippen molar-refractivity contribution in [2.45, 2.75) is 59.1 Å². The molecule has 0 bridgehead atoms. The van der Waals surface area contributed by atoms with E-state index in [0.29, 0.717) is 51.7 Å². The molecule has 0 saturated carbocycles. The zero-order valence-corrected chi connectivity index (χ0v) is 22.9. The lowest BCUT2D eigenvalue weighted by molar-refractivity contribution is -0.157. The first kappa shape index (κ1) is 27.1. The Balaban J connectivity index is 1.56. The Morgan fingerprint density at radius 1 is 0.973 bits per heavy atom. The van der Waals surface area contributed by atoms with Gasteiger partial charge in [0.2, 0.25) is 17.4 Å². The molecule has 4 heterocycles. The van der Waals surface area contributed by atoms with Crippen LogP contribution in [0.1, 0.15) is 47.5 Å². The molecule has 0 radical (unpaired) electrons. The maximum atomic E-state index is 13.9. The number of hydrogen-bond acceptors (Lipinski definition) is 9. The van der Waals surface area contributed by atoms with Crippen molar-refractivity contribution >= 4 is 35.2 Å². The Morgan fingerprint density at radius 2 is 1.62 bits per heavy atom. The molecule has 1 aromatic rings. The fraction of sp³-hybridized carbons (Fsp3) is 0.731. The van der Waals surface area contributed by atoms with Gasteiger partial charge < -0.3 is 29.2 Å². The van der Waals surface area contributed by atoms with Crippen molar-refractivity contribution in [1.29, 1.82) is 0 Å². The van der Waals surface area contributed by atoms with E-state index in [9.17, 15) is 14.4 Å². The number of Topliss-reactive ketones (excluding diaryl/α,β-unsaturated/α-hetero) is 1. The Kier molecular flexibility index (Phi) is 8.20. The van der Waals surface area contributed by atoms with Gasteiger partial charge in [-0.05, 0) is 41.0 Å². The van der Waals surface area contributed by atoms with Crippen LogP contribution in [0, 0.1) is 0 Å². The molecule has 37 heavy (non-hydrogen) atoms. The summed E-state index contributed by atoms with van der Waals surface area (Å²) in [5.74, 6) is 1.54. The van der Waals surface area contributed by atoms with Gasteiger partial charge >= 0.3 is 0 Å². The van der Waals surface area contributed by atoms with E-state index >= 15 is 0 Å². The van der Waals surface area contributed by atoms with Crippen molar-refractivity contribution in [1.82, 2.24) is 19.8 Å². The van der Waals surface area contributed by atoms with Gasteiger partial charge in [-0.3, -0.25) is 14.4 Å². The van der Waals surface area contributed by atoms with Crippen molar-refractivity contribution in [3.63, 3.8) is 0 Å². The number of piperazine rings is 1. The van der Waals surface area contributed by atoms with E-state index in [2.05, 4.69) is 42.4 Å². The zero-order chi connectivity index (χ0) is 26.7. The van der Waals surface area contributed by atoms with Gasteiger partial charge in [0.1, 0.15) is 11.6 Å². The first-order valence-corrected chi connectivity index (χ1v) is 13.7. The Morgan fingerprint density at radius 3 is 2.22 bits per heavy atom. The van der Waals surface area contributed by atoms with Crippen molar-refractivity contribution in [2.24, 2.45) is 0 Å². The Labute approximate surface area is 219 Å². The summed E-state index contributed by atoms with van der Waals surface area (Å²) in [4.78, 5) is 59.1. The maximum Gasteiger partial charge on any atom is 0.259 e. The largest absolute Gasteiger partial charge is 0.375 e. The fourth-order valence-electron chi connectivity index (χ4n) is 5.91. The van der Waals surface area contributed by atoms with Gasteiger partial charge in [-0.2, -0.15) is 9.97 Å². The van der Waals surface area contributed by atoms with Crippen LogP contribution in [0.25, 0.3) is 0 Å². The number of carbonyl (C=O) groups excluding carboxylic acids is 3. The van der Waals surface area contributed by atoms with Crippen LogP contribution in [-0.2, 0) is 19.1 Å².